The highest BCUT2D eigenvalue weighted by atomic mass is 35.5. The zero-order valence-electron chi connectivity index (χ0n) is 9.93. The van der Waals surface area contributed by atoms with E-state index in [4.69, 9.17) is 22.0 Å². The molecule has 0 amide bonds. The molecule has 94 valence electrons. The van der Waals surface area contributed by atoms with Crippen molar-refractivity contribution in [3.8, 4) is 6.07 Å². The number of rotatable bonds is 2. The molecule has 1 saturated heterocycles. The van der Waals surface area contributed by atoms with E-state index in [0.717, 1.165) is 5.69 Å². The molecule has 0 spiro atoms. The van der Waals surface area contributed by atoms with E-state index in [1.165, 1.54) is 0 Å². The fraction of sp³-hybridized carbons (Fsp3) is 0.385. The summed E-state index contributed by atoms with van der Waals surface area (Å²) < 4.78 is 0. The maximum atomic E-state index is 11.1. The molecule has 0 aliphatic carbocycles. The fourth-order valence-electron chi connectivity index (χ4n) is 2.35. The Balaban J connectivity index is 2.32. The van der Waals surface area contributed by atoms with Crippen molar-refractivity contribution in [2.45, 2.75) is 6.92 Å². The number of carbonyl (C=O) groups is 1. The van der Waals surface area contributed by atoms with Crippen LogP contribution < -0.4 is 4.90 Å². The zero-order chi connectivity index (χ0) is 13.3. The Kier molecular flexibility index (Phi) is 3.44. The van der Waals surface area contributed by atoms with Gasteiger partial charge >= 0.3 is 5.97 Å². The first-order chi connectivity index (χ1) is 8.52. The summed E-state index contributed by atoms with van der Waals surface area (Å²) in [6, 6.07) is 7.16. The highest BCUT2D eigenvalue weighted by Gasteiger charge is 2.35. The number of halogens is 1. The van der Waals surface area contributed by atoms with Gasteiger partial charge in [0.05, 0.1) is 17.2 Å². The van der Waals surface area contributed by atoms with E-state index in [2.05, 4.69) is 6.07 Å². The number of hydrogen-bond donors (Lipinski definition) is 1. The number of nitriles is 1. The summed E-state index contributed by atoms with van der Waals surface area (Å²) in [6.45, 7) is 2.97. The van der Waals surface area contributed by atoms with Crippen LogP contribution in [0.5, 0.6) is 0 Å². The largest absolute Gasteiger partial charge is 0.481 e. The van der Waals surface area contributed by atoms with Crippen LogP contribution in [0.25, 0.3) is 0 Å². The molecular weight excluding hydrogens is 252 g/mol. The van der Waals surface area contributed by atoms with Crippen molar-refractivity contribution < 1.29 is 9.90 Å². The van der Waals surface area contributed by atoms with Gasteiger partial charge in [0.15, 0.2) is 0 Å². The highest BCUT2D eigenvalue weighted by Crippen LogP contribution is 2.32. The first-order valence-corrected chi connectivity index (χ1v) is 6.08. The van der Waals surface area contributed by atoms with Crippen molar-refractivity contribution in [1.82, 2.24) is 0 Å². The average Bonchev–Trinajstić information content (AvgIpc) is 2.71. The highest BCUT2D eigenvalue weighted by molar-refractivity contribution is 6.30. The van der Waals surface area contributed by atoms with Crippen LogP contribution in [0.2, 0.25) is 5.02 Å². The van der Waals surface area contributed by atoms with Crippen LogP contribution in [0.15, 0.2) is 18.2 Å². The normalized spacial score (nSPS) is 22.8. The lowest BCUT2D eigenvalue weighted by atomic mass is 9.99. The molecule has 0 aromatic heterocycles. The predicted octanol–water partition coefficient (Wildman–Crippen LogP) is 2.37. The van der Waals surface area contributed by atoms with Gasteiger partial charge in [0, 0.05) is 18.1 Å². The average molecular weight is 265 g/mol. The minimum Gasteiger partial charge on any atom is -0.481 e. The molecule has 1 aliphatic rings. The van der Waals surface area contributed by atoms with Crippen LogP contribution >= 0.6 is 11.6 Å². The monoisotopic (exact) mass is 264 g/mol. The van der Waals surface area contributed by atoms with Crippen LogP contribution in [0, 0.1) is 23.2 Å². The van der Waals surface area contributed by atoms with Crippen molar-refractivity contribution in [2.24, 2.45) is 11.8 Å². The summed E-state index contributed by atoms with van der Waals surface area (Å²) in [5, 5.41) is 18.7. The second-order valence-corrected chi connectivity index (χ2v) is 5.04. The molecule has 4 nitrogen and oxygen atoms in total. The van der Waals surface area contributed by atoms with Gasteiger partial charge in [-0.2, -0.15) is 5.26 Å². The number of carboxylic acids is 1. The van der Waals surface area contributed by atoms with Gasteiger partial charge in [-0.05, 0) is 24.1 Å². The second-order valence-electron chi connectivity index (χ2n) is 4.60. The molecule has 0 bridgehead atoms. The minimum absolute atomic E-state index is 0.0630. The zero-order valence-corrected chi connectivity index (χ0v) is 10.7. The molecular formula is C13H13ClN2O2. The number of anilines is 1. The molecule has 2 atom stereocenters. The van der Waals surface area contributed by atoms with Crippen molar-refractivity contribution in [1.29, 1.82) is 5.26 Å². The molecule has 1 aromatic rings. The molecule has 18 heavy (non-hydrogen) atoms. The summed E-state index contributed by atoms with van der Waals surface area (Å²) in [4.78, 5) is 13.0. The van der Waals surface area contributed by atoms with Crippen molar-refractivity contribution in [2.75, 3.05) is 18.0 Å². The van der Waals surface area contributed by atoms with Gasteiger partial charge in [-0.1, -0.05) is 18.5 Å². The molecule has 1 heterocycles. The molecule has 1 fully saturated rings. The second kappa shape index (κ2) is 4.87. The van der Waals surface area contributed by atoms with Crippen molar-refractivity contribution in [3.63, 3.8) is 0 Å². The number of aliphatic carboxylic acids is 1. The van der Waals surface area contributed by atoms with E-state index in [1.54, 1.807) is 18.2 Å². The molecule has 1 N–H and O–H groups in total. The predicted molar refractivity (Wildman–Crippen MR) is 68.7 cm³/mol. The number of nitrogens with zero attached hydrogens (tertiary/aromatic N) is 2. The van der Waals surface area contributed by atoms with E-state index in [0.29, 0.717) is 23.7 Å². The van der Waals surface area contributed by atoms with Crippen LogP contribution in [-0.4, -0.2) is 24.2 Å². The Morgan fingerprint density at radius 1 is 1.56 bits per heavy atom. The van der Waals surface area contributed by atoms with E-state index < -0.39 is 11.9 Å². The first-order valence-electron chi connectivity index (χ1n) is 5.70. The summed E-state index contributed by atoms with van der Waals surface area (Å²) in [6.07, 6.45) is 0. The quantitative estimate of drug-likeness (QED) is 0.891. The SMILES string of the molecule is CC1CN(c2cc(Cl)ccc2C#N)CC1C(=O)O. The van der Waals surface area contributed by atoms with E-state index in [1.807, 2.05) is 11.8 Å². The van der Waals surface area contributed by atoms with Crippen molar-refractivity contribution in [3.05, 3.63) is 28.8 Å². The minimum atomic E-state index is -0.787. The molecule has 0 radical (unpaired) electrons. The Hall–Kier alpha value is -1.73. The smallest absolute Gasteiger partial charge is 0.308 e. The van der Waals surface area contributed by atoms with E-state index in [-0.39, 0.29) is 5.92 Å². The summed E-state index contributed by atoms with van der Waals surface area (Å²) >= 11 is 5.94. The van der Waals surface area contributed by atoms with Gasteiger partial charge in [-0.25, -0.2) is 0 Å². The lowest BCUT2D eigenvalue weighted by Crippen LogP contribution is -2.23. The third-order valence-electron chi connectivity index (χ3n) is 3.35. The maximum Gasteiger partial charge on any atom is 0.308 e. The molecule has 5 heteroatoms. The molecule has 1 aliphatic heterocycles. The van der Waals surface area contributed by atoms with Gasteiger partial charge < -0.3 is 10.0 Å². The Bertz CT molecular complexity index is 524. The summed E-state index contributed by atoms with van der Waals surface area (Å²) in [7, 11) is 0. The summed E-state index contributed by atoms with van der Waals surface area (Å²) in [5.74, 6) is -1.12. The fourth-order valence-corrected chi connectivity index (χ4v) is 2.51. The standard InChI is InChI=1S/C13H13ClN2O2/c1-8-6-16(7-11(8)13(17)18)12-4-10(14)3-2-9(12)5-15/h2-4,8,11H,6-7H2,1H3,(H,17,18). The lowest BCUT2D eigenvalue weighted by molar-refractivity contribution is -0.142. The molecule has 1 aromatic carbocycles. The van der Waals surface area contributed by atoms with Gasteiger partial charge in [0.2, 0.25) is 0 Å². The third kappa shape index (κ3) is 2.27. The van der Waals surface area contributed by atoms with Gasteiger partial charge in [0.1, 0.15) is 6.07 Å². The number of hydrogen-bond acceptors (Lipinski definition) is 3. The molecule has 0 saturated carbocycles. The Morgan fingerprint density at radius 3 is 2.83 bits per heavy atom. The lowest BCUT2D eigenvalue weighted by Gasteiger charge is -2.19. The van der Waals surface area contributed by atoms with E-state index >= 15 is 0 Å². The molecule has 2 unspecified atom stereocenters. The van der Waals surface area contributed by atoms with Crippen LogP contribution in [0.4, 0.5) is 5.69 Å². The van der Waals surface area contributed by atoms with Gasteiger partial charge in [0.25, 0.3) is 0 Å². The third-order valence-corrected chi connectivity index (χ3v) is 3.59. The van der Waals surface area contributed by atoms with E-state index in [9.17, 15) is 4.79 Å². The van der Waals surface area contributed by atoms with Crippen LogP contribution in [-0.2, 0) is 4.79 Å². The molecule has 2 rings (SSSR count). The first kappa shape index (κ1) is 12.7. The van der Waals surface area contributed by atoms with Crippen LogP contribution in [0.1, 0.15) is 12.5 Å². The Labute approximate surface area is 110 Å². The van der Waals surface area contributed by atoms with Crippen molar-refractivity contribution >= 4 is 23.3 Å². The number of carboxylic acid groups (broad SMARTS) is 1. The number of benzene rings is 1. The van der Waals surface area contributed by atoms with Gasteiger partial charge in [-0.15, -0.1) is 0 Å². The Morgan fingerprint density at radius 2 is 2.28 bits per heavy atom. The maximum absolute atomic E-state index is 11.1. The summed E-state index contributed by atoms with van der Waals surface area (Å²) in [5.41, 5.74) is 1.25. The van der Waals surface area contributed by atoms with Crippen LogP contribution in [0.3, 0.4) is 0 Å². The topological polar surface area (TPSA) is 64.3 Å². The van der Waals surface area contributed by atoms with Gasteiger partial charge in [-0.3, -0.25) is 4.79 Å².